The molecule has 0 rings (SSSR count). The molecule has 2 heteroatoms. The van der Waals surface area contributed by atoms with Gasteiger partial charge in [0.05, 0.1) is 6.42 Å². The van der Waals surface area contributed by atoms with Gasteiger partial charge in [0.2, 0.25) is 0 Å². The first-order chi connectivity index (χ1) is 7.35. The number of rotatable bonds is 4. The second kappa shape index (κ2) is 7.11. The quantitative estimate of drug-likeness (QED) is 0.413. The predicted molar refractivity (Wildman–Crippen MR) is 66.9 cm³/mol. The Labute approximate surface area is 99.1 Å². The SMILES string of the molecule is CC#CCC/C(C)=C/CC(=O)OC(C)(C)C. The number of carbonyl (C=O) groups is 1. The van der Waals surface area contributed by atoms with Crippen molar-refractivity contribution < 1.29 is 9.53 Å². The summed E-state index contributed by atoms with van der Waals surface area (Å²) in [6.07, 6.45) is 4.05. The maximum absolute atomic E-state index is 11.4. The van der Waals surface area contributed by atoms with Crippen LogP contribution in [0.1, 0.15) is 53.9 Å². The van der Waals surface area contributed by atoms with Crippen molar-refractivity contribution in [2.75, 3.05) is 0 Å². The van der Waals surface area contributed by atoms with Gasteiger partial charge in [-0.25, -0.2) is 0 Å². The van der Waals surface area contributed by atoms with Crippen molar-refractivity contribution >= 4 is 5.97 Å². The minimum Gasteiger partial charge on any atom is -0.460 e. The number of hydrogen-bond donors (Lipinski definition) is 0. The highest BCUT2D eigenvalue weighted by Gasteiger charge is 2.14. The molecule has 0 aliphatic carbocycles. The minimum atomic E-state index is -0.396. The first kappa shape index (κ1) is 14.8. The third-order valence-corrected chi connectivity index (χ3v) is 1.86. The Bertz CT molecular complexity index is 308. The Morgan fingerprint density at radius 1 is 1.38 bits per heavy atom. The molecule has 0 fully saturated rings. The van der Waals surface area contributed by atoms with Crippen LogP contribution < -0.4 is 0 Å². The highest BCUT2D eigenvalue weighted by molar-refractivity contribution is 5.71. The van der Waals surface area contributed by atoms with Gasteiger partial charge in [0.25, 0.3) is 0 Å². The Balaban J connectivity index is 3.95. The molecule has 0 radical (unpaired) electrons. The van der Waals surface area contributed by atoms with E-state index in [-0.39, 0.29) is 5.97 Å². The molecule has 0 N–H and O–H groups in total. The molecule has 0 unspecified atom stereocenters. The summed E-state index contributed by atoms with van der Waals surface area (Å²) in [5.41, 5.74) is 0.792. The molecule has 0 bridgehead atoms. The molecule has 0 spiro atoms. The maximum Gasteiger partial charge on any atom is 0.310 e. The zero-order chi connectivity index (χ0) is 12.6. The van der Waals surface area contributed by atoms with Gasteiger partial charge < -0.3 is 4.74 Å². The lowest BCUT2D eigenvalue weighted by Gasteiger charge is -2.18. The fraction of sp³-hybridized carbons (Fsp3) is 0.643. The van der Waals surface area contributed by atoms with Crippen LogP contribution in [0.5, 0.6) is 0 Å². The van der Waals surface area contributed by atoms with Gasteiger partial charge >= 0.3 is 5.97 Å². The summed E-state index contributed by atoms with van der Waals surface area (Å²) in [5, 5.41) is 0. The van der Waals surface area contributed by atoms with Crippen LogP contribution in [0, 0.1) is 11.8 Å². The van der Waals surface area contributed by atoms with Crippen LogP contribution in [0.4, 0.5) is 0 Å². The van der Waals surface area contributed by atoms with Crippen molar-refractivity contribution in [1.29, 1.82) is 0 Å². The molecule has 2 nitrogen and oxygen atoms in total. The lowest BCUT2D eigenvalue weighted by molar-refractivity contribution is -0.153. The molecule has 16 heavy (non-hydrogen) atoms. The van der Waals surface area contributed by atoms with E-state index >= 15 is 0 Å². The van der Waals surface area contributed by atoms with E-state index < -0.39 is 5.60 Å². The first-order valence-corrected chi connectivity index (χ1v) is 5.62. The Kier molecular flexibility index (Phi) is 6.56. The molecular formula is C14H22O2. The molecule has 0 aromatic carbocycles. The topological polar surface area (TPSA) is 26.3 Å². The van der Waals surface area contributed by atoms with E-state index in [1.165, 1.54) is 5.57 Å². The monoisotopic (exact) mass is 222 g/mol. The molecule has 0 saturated carbocycles. The largest absolute Gasteiger partial charge is 0.460 e. The van der Waals surface area contributed by atoms with Crippen molar-refractivity contribution in [2.45, 2.75) is 59.5 Å². The zero-order valence-electron chi connectivity index (χ0n) is 11.0. The van der Waals surface area contributed by atoms with Crippen molar-refractivity contribution in [1.82, 2.24) is 0 Å². The van der Waals surface area contributed by atoms with Crippen molar-refractivity contribution in [3.63, 3.8) is 0 Å². The average molecular weight is 222 g/mol. The molecule has 0 aromatic heterocycles. The summed E-state index contributed by atoms with van der Waals surface area (Å²) >= 11 is 0. The van der Waals surface area contributed by atoms with Crippen molar-refractivity contribution in [3.05, 3.63) is 11.6 Å². The van der Waals surface area contributed by atoms with Gasteiger partial charge in [0, 0.05) is 6.42 Å². The summed E-state index contributed by atoms with van der Waals surface area (Å²) in [6.45, 7) is 9.47. The van der Waals surface area contributed by atoms with Crippen molar-refractivity contribution in [2.24, 2.45) is 0 Å². The Hall–Kier alpha value is -1.23. The van der Waals surface area contributed by atoms with E-state index in [1.54, 1.807) is 0 Å². The van der Waals surface area contributed by atoms with Gasteiger partial charge in [-0.1, -0.05) is 11.6 Å². The highest BCUT2D eigenvalue weighted by Crippen LogP contribution is 2.10. The number of carbonyl (C=O) groups excluding carboxylic acids is 1. The van der Waals surface area contributed by atoms with Crippen LogP contribution >= 0.6 is 0 Å². The average Bonchev–Trinajstić information content (AvgIpc) is 2.12. The lowest BCUT2D eigenvalue weighted by atomic mass is 10.1. The molecule has 0 amide bonds. The van der Waals surface area contributed by atoms with Crippen LogP contribution in [0.25, 0.3) is 0 Å². The van der Waals surface area contributed by atoms with Gasteiger partial charge in [-0.05, 0) is 41.0 Å². The molecule has 90 valence electrons. The van der Waals surface area contributed by atoms with Gasteiger partial charge in [-0.3, -0.25) is 4.79 Å². The van der Waals surface area contributed by atoms with Crippen LogP contribution in [-0.2, 0) is 9.53 Å². The van der Waals surface area contributed by atoms with Gasteiger partial charge in [0.1, 0.15) is 5.60 Å². The van der Waals surface area contributed by atoms with Crippen molar-refractivity contribution in [3.8, 4) is 11.8 Å². The number of hydrogen-bond acceptors (Lipinski definition) is 2. The minimum absolute atomic E-state index is 0.173. The maximum atomic E-state index is 11.4. The smallest absolute Gasteiger partial charge is 0.310 e. The normalized spacial score (nSPS) is 11.7. The Morgan fingerprint density at radius 2 is 2.00 bits per heavy atom. The third kappa shape index (κ3) is 9.33. The molecule has 0 saturated heterocycles. The van der Waals surface area contributed by atoms with E-state index in [2.05, 4.69) is 11.8 Å². The van der Waals surface area contributed by atoms with Crippen LogP contribution in [-0.4, -0.2) is 11.6 Å². The number of ether oxygens (including phenoxy) is 1. The molecule has 0 aromatic rings. The summed E-state index contributed by atoms with van der Waals surface area (Å²) in [5.74, 6) is 5.68. The summed E-state index contributed by atoms with van der Waals surface area (Å²) in [6, 6.07) is 0. The van der Waals surface area contributed by atoms with Gasteiger partial charge in [-0.15, -0.1) is 11.8 Å². The lowest BCUT2D eigenvalue weighted by Crippen LogP contribution is -2.23. The van der Waals surface area contributed by atoms with Gasteiger partial charge in [0.15, 0.2) is 0 Å². The first-order valence-electron chi connectivity index (χ1n) is 5.62. The van der Waals surface area contributed by atoms with E-state index in [1.807, 2.05) is 40.7 Å². The molecule has 0 aliphatic heterocycles. The zero-order valence-corrected chi connectivity index (χ0v) is 11.0. The van der Waals surface area contributed by atoms with E-state index in [0.717, 1.165) is 12.8 Å². The second-order valence-corrected chi connectivity index (χ2v) is 4.77. The summed E-state index contributed by atoms with van der Waals surface area (Å²) in [4.78, 5) is 11.4. The van der Waals surface area contributed by atoms with Crippen LogP contribution in [0.3, 0.4) is 0 Å². The van der Waals surface area contributed by atoms with E-state index in [9.17, 15) is 4.79 Å². The molecular weight excluding hydrogens is 200 g/mol. The molecule has 0 heterocycles. The molecule has 0 atom stereocenters. The van der Waals surface area contributed by atoms with Crippen LogP contribution in [0.15, 0.2) is 11.6 Å². The third-order valence-electron chi connectivity index (χ3n) is 1.86. The highest BCUT2D eigenvalue weighted by atomic mass is 16.6. The van der Waals surface area contributed by atoms with E-state index in [4.69, 9.17) is 4.74 Å². The second-order valence-electron chi connectivity index (χ2n) is 4.77. The fourth-order valence-electron chi connectivity index (χ4n) is 1.13. The van der Waals surface area contributed by atoms with Crippen LogP contribution in [0.2, 0.25) is 0 Å². The Morgan fingerprint density at radius 3 is 2.50 bits per heavy atom. The summed E-state index contributed by atoms with van der Waals surface area (Å²) < 4.78 is 5.20. The summed E-state index contributed by atoms with van der Waals surface area (Å²) in [7, 11) is 0. The van der Waals surface area contributed by atoms with Gasteiger partial charge in [-0.2, -0.15) is 0 Å². The standard InChI is InChI=1S/C14H22O2/c1-6-7-8-9-12(2)10-11-13(15)16-14(3,4)5/h10H,8-9,11H2,1-5H3/b12-10+. The fourth-order valence-corrected chi connectivity index (χ4v) is 1.13. The molecule has 0 aliphatic rings. The predicted octanol–water partition coefficient (Wildman–Crippen LogP) is 3.47. The number of esters is 1. The van der Waals surface area contributed by atoms with E-state index in [0.29, 0.717) is 6.42 Å². The number of allylic oxidation sites excluding steroid dienone is 1.